The Hall–Kier alpha value is -0.610. The first-order chi connectivity index (χ1) is 10.2. The van der Waals surface area contributed by atoms with Crippen molar-refractivity contribution in [3.8, 4) is 0 Å². The lowest BCUT2D eigenvalue weighted by atomic mass is 9.97. The highest BCUT2D eigenvalue weighted by Gasteiger charge is 2.23. The van der Waals surface area contributed by atoms with E-state index in [0.29, 0.717) is 12.5 Å². The zero-order valence-corrected chi connectivity index (χ0v) is 13.9. The van der Waals surface area contributed by atoms with Crippen LogP contribution in [0, 0.1) is 11.8 Å². The summed E-state index contributed by atoms with van der Waals surface area (Å²) in [4.78, 5) is 17.0. The lowest BCUT2D eigenvalue weighted by Crippen LogP contribution is -2.46. The van der Waals surface area contributed by atoms with E-state index in [-0.39, 0.29) is 0 Å². The second-order valence-corrected chi connectivity index (χ2v) is 6.99. The van der Waals surface area contributed by atoms with Gasteiger partial charge in [-0.2, -0.15) is 0 Å². The van der Waals surface area contributed by atoms with Crippen LogP contribution in [0.4, 0.5) is 0 Å². The molecule has 0 saturated carbocycles. The highest BCUT2D eigenvalue weighted by atomic mass is 16.2. The number of carbonyl (C=O) groups is 1. The Morgan fingerprint density at radius 2 is 1.86 bits per heavy atom. The molecular formula is C17H33N3O. The molecule has 1 amide bonds. The summed E-state index contributed by atoms with van der Waals surface area (Å²) in [6.07, 6.45) is 6.00. The minimum absolute atomic E-state index is 0.351. The molecule has 2 fully saturated rings. The fourth-order valence-corrected chi connectivity index (χ4v) is 3.53. The third-order valence-electron chi connectivity index (χ3n) is 5.01. The van der Waals surface area contributed by atoms with Crippen LogP contribution in [0.25, 0.3) is 0 Å². The molecule has 2 aliphatic heterocycles. The van der Waals surface area contributed by atoms with Gasteiger partial charge in [-0.15, -0.1) is 0 Å². The summed E-state index contributed by atoms with van der Waals surface area (Å²) < 4.78 is 0. The minimum Gasteiger partial charge on any atom is -0.342 e. The first-order valence-electron chi connectivity index (χ1n) is 8.90. The molecule has 4 heteroatoms. The number of likely N-dealkylation sites (tertiary alicyclic amines) is 1. The second kappa shape index (κ2) is 8.74. The van der Waals surface area contributed by atoms with E-state index in [1.165, 1.54) is 25.7 Å². The lowest BCUT2D eigenvalue weighted by molar-refractivity contribution is -0.133. The normalized spacial score (nSPS) is 22.0. The second-order valence-electron chi connectivity index (χ2n) is 6.99. The minimum atomic E-state index is 0.351. The Balaban J connectivity index is 1.79. The fourth-order valence-electron chi connectivity index (χ4n) is 3.53. The van der Waals surface area contributed by atoms with Crippen LogP contribution in [0.1, 0.15) is 46.0 Å². The Labute approximate surface area is 130 Å². The van der Waals surface area contributed by atoms with E-state index in [0.717, 1.165) is 57.5 Å². The SMILES string of the molecule is CCCN(CC(=O)N1CCC(C)CC1)CC1CCNCC1. The topological polar surface area (TPSA) is 35.6 Å². The van der Waals surface area contributed by atoms with E-state index in [1.54, 1.807) is 0 Å². The number of piperidine rings is 2. The van der Waals surface area contributed by atoms with Gasteiger partial charge in [0.15, 0.2) is 0 Å². The molecule has 0 radical (unpaired) electrons. The van der Waals surface area contributed by atoms with Gasteiger partial charge >= 0.3 is 0 Å². The van der Waals surface area contributed by atoms with E-state index in [4.69, 9.17) is 0 Å². The van der Waals surface area contributed by atoms with Gasteiger partial charge < -0.3 is 10.2 Å². The number of hydrogen-bond donors (Lipinski definition) is 1. The Kier molecular flexibility index (Phi) is 6.97. The van der Waals surface area contributed by atoms with Crippen LogP contribution in [-0.4, -0.2) is 61.5 Å². The van der Waals surface area contributed by atoms with Crippen molar-refractivity contribution >= 4 is 5.91 Å². The largest absolute Gasteiger partial charge is 0.342 e. The summed E-state index contributed by atoms with van der Waals surface area (Å²) in [5.74, 6) is 1.91. The summed E-state index contributed by atoms with van der Waals surface area (Å²) in [6.45, 7) is 11.5. The summed E-state index contributed by atoms with van der Waals surface area (Å²) in [5, 5.41) is 3.42. The van der Waals surface area contributed by atoms with Gasteiger partial charge in [-0.05, 0) is 63.6 Å². The fraction of sp³-hybridized carbons (Fsp3) is 0.941. The van der Waals surface area contributed by atoms with E-state index in [2.05, 4.69) is 29.0 Å². The van der Waals surface area contributed by atoms with Crippen LogP contribution >= 0.6 is 0 Å². The molecule has 2 aliphatic rings. The Bertz CT molecular complexity index is 307. The molecule has 0 aliphatic carbocycles. The quantitative estimate of drug-likeness (QED) is 0.813. The summed E-state index contributed by atoms with van der Waals surface area (Å²) >= 11 is 0. The van der Waals surface area contributed by atoms with Crippen molar-refractivity contribution < 1.29 is 4.79 Å². The molecule has 0 spiro atoms. The molecule has 0 atom stereocenters. The average Bonchev–Trinajstić information content (AvgIpc) is 2.49. The number of amides is 1. The summed E-state index contributed by atoms with van der Waals surface area (Å²) in [7, 11) is 0. The number of carbonyl (C=O) groups excluding carboxylic acids is 1. The van der Waals surface area contributed by atoms with Crippen LogP contribution in [0.15, 0.2) is 0 Å². The third-order valence-corrected chi connectivity index (χ3v) is 5.01. The molecule has 0 aromatic rings. The molecule has 1 N–H and O–H groups in total. The molecule has 2 heterocycles. The molecule has 21 heavy (non-hydrogen) atoms. The predicted octanol–water partition coefficient (Wildman–Crippen LogP) is 1.96. The molecule has 122 valence electrons. The van der Waals surface area contributed by atoms with Crippen molar-refractivity contribution in [2.45, 2.75) is 46.0 Å². The smallest absolute Gasteiger partial charge is 0.236 e. The Morgan fingerprint density at radius 1 is 1.19 bits per heavy atom. The zero-order valence-electron chi connectivity index (χ0n) is 13.9. The number of rotatable bonds is 6. The van der Waals surface area contributed by atoms with Crippen LogP contribution in [0.2, 0.25) is 0 Å². The first-order valence-corrected chi connectivity index (χ1v) is 8.90. The van der Waals surface area contributed by atoms with Gasteiger partial charge in [0.2, 0.25) is 5.91 Å². The highest BCUT2D eigenvalue weighted by Crippen LogP contribution is 2.17. The maximum atomic E-state index is 12.5. The maximum absolute atomic E-state index is 12.5. The zero-order chi connectivity index (χ0) is 15.1. The molecule has 2 rings (SSSR count). The van der Waals surface area contributed by atoms with Crippen LogP contribution in [0.3, 0.4) is 0 Å². The molecule has 0 aromatic heterocycles. The molecule has 4 nitrogen and oxygen atoms in total. The van der Waals surface area contributed by atoms with E-state index in [1.807, 2.05) is 0 Å². The molecule has 2 saturated heterocycles. The summed E-state index contributed by atoms with van der Waals surface area (Å²) in [6, 6.07) is 0. The predicted molar refractivity (Wildman–Crippen MR) is 87.3 cm³/mol. The Morgan fingerprint density at radius 3 is 2.48 bits per heavy atom. The van der Waals surface area contributed by atoms with Gasteiger partial charge in [0.25, 0.3) is 0 Å². The average molecular weight is 295 g/mol. The van der Waals surface area contributed by atoms with Gasteiger partial charge in [0, 0.05) is 19.6 Å². The number of nitrogens with one attached hydrogen (secondary N) is 1. The molecular weight excluding hydrogens is 262 g/mol. The van der Waals surface area contributed by atoms with Crippen molar-refractivity contribution in [1.82, 2.24) is 15.1 Å². The first kappa shape index (κ1) is 16.8. The van der Waals surface area contributed by atoms with Crippen molar-refractivity contribution in [3.05, 3.63) is 0 Å². The van der Waals surface area contributed by atoms with Gasteiger partial charge in [0.05, 0.1) is 6.54 Å². The highest BCUT2D eigenvalue weighted by molar-refractivity contribution is 5.78. The van der Waals surface area contributed by atoms with E-state index >= 15 is 0 Å². The van der Waals surface area contributed by atoms with Crippen molar-refractivity contribution in [1.29, 1.82) is 0 Å². The number of hydrogen-bond acceptors (Lipinski definition) is 3. The maximum Gasteiger partial charge on any atom is 0.236 e. The van der Waals surface area contributed by atoms with Crippen molar-refractivity contribution in [3.63, 3.8) is 0 Å². The van der Waals surface area contributed by atoms with Gasteiger partial charge in [-0.25, -0.2) is 0 Å². The lowest BCUT2D eigenvalue weighted by Gasteiger charge is -2.34. The van der Waals surface area contributed by atoms with Crippen LogP contribution in [-0.2, 0) is 4.79 Å². The molecule has 0 unspecified atom stereocenters. The van der Waals surface area contributed by atoms with E-state index < -0.39 is 0 Å². The monoisotopic (exact) mass is 295 g/mol. The van der Waals surface area contributed by atoms with Gasteiger partial charge in [-0.3, -0.25) is 9.69 Å². The summed E-state index contributed by atoms with van der Waals surface area (Å²) in [5.41, 5.74) is 0. The van der Waals surface area contributed by atoms with Crippen molar-refractivity contribution in [2.24, 2.45) is 11.8 Å². The standard InChI is InChI=1S/C17H33N3O/c1-3-10-19(13-16-4-8-18-9-5-16)14-17(21)20-11-6-15(2)7-12-20/h15-16,18H,3-14H2,1-2H3. The van der Waals surface area contributed by atoms with Crippen molar-refractivity contribution in [2.75, 3.05) is 45.8 Å². The van der Waals surface area contributed by atoms with Crippen LogP contribution in [0.5, 0.6) is 0 Å². The third kappa shape index (κ3) is 5.59. The van der Waals surface area contributed by atoms with E-state index in [9.17, 15) is 4.79 Å². The number of nitrogens with zero attached hydrogens (tertiary/aromatic N) is 2. The molecule has 0 bridgehead atoms. The van der Waals surface area contributed by atoms with Gasteiger partial charge in [-0.1, -0.05) is 13.8 Å². The van der Waals surface area contributed by atoms with Crippen LogP contribution < -0.4 is 5.32 Å². The van der Waals surface area contributed by atoms with Gasteiger partial charge in [0.1, 0.15) is 0 Å². The molecule has 0 aromatic carbocycles.